The van der Waals surface area contributed by atoms with Gasteiger partial charge in [-0.15, -0.1) is 11.3 Å². The third-order valence-electron chi connectivity index (χ3n) is 5.43. The van der Waals surface area contributed by atoms with E-state index in [0.29, 0.717) is 6.54 Å². The van der Waals surface area contributed by atoms with Gasteiger partial charge in [-0.05, 0) is 37.5 Å². The van der Waals surface area contributed by atoms with Gasteiger partial charge < -0.3 is 10.6 Å². The lowest BCUT2D eigenvalue weighted by Crippen LogP contribution is -2.41. The summed E-state index contributed by atoms with van der Waals surface area (Å²) < 4.78 is 0. The lowest BCUT2D eigenvalue weighted by Gasteiger charge is -2.41. The molecule has 0 radical (unpaired) electrons. The van der Waals surface area contributed by atoms with E-state index in [4.69, 9.17) is 10.7 Å². The first-order valence-electron chi connectivity index (χ1n) is 8.29. The number of anilines is 1. The fourth-order valence-corrected chi connectivity index (χ4v) is 5.14. The van der Waals surface area contributed by atoms with E-state index in [-0.39, 0.29) is 0 Å². The van der Waals surface area contributed by atoms with Gasteiger partial charge in [-0.3, -0.25) is 0 Å². The summed E-state index contributed by atoms with van der Waals surface area (Å²) in [5.41, 5.74) is 7.25. The Balaban J connectivity index is 1.52. The molecule has 2 heterocycles. The molecule has 1 saturated heterocycles. The standard InChI is InChI=1S/C16H25N3S/c17-9-14-15(12-5-6-12)18-16(20-14)19-8-7-11-3-1-2-4-13(11)10-19/h11-13H,1-10,17H2. The van der Waals surface area contributed by atoms with Gasteiger partial charge in [0.25, 0.3) is 0 Å². The molecule has 2 N–H and O–H groups in total. The van der Waals surface area contributed by atoms with Crippen LogP contribution < -0.4 is 10.6 Å². The number of fused-ring (bicyclic) bond motifs is 1. The van der Waals surface area contributed by atoms with Crippen molar-refractivity contribution in [2.45, 2.75) is 57.4 Å². The fourth-order valence-electron chi connectivity index (χ4n) is 4.08. The van der Waals surface area contributed by atoms with Gasteiger partial charge in [0, 0.05) is 30.4 Å². The van der Waals surface area contributed by atoms with Crippen LogP contribution in [0.5, 0.6) is 0 Å². The molecule has 0 bridgehead atoms. The first-order valence-corrected chi connectivity index (χ1v) is 9.11. The van der Waals surface area contributed by atoms with Gasteiger partial charge in [-0.2, -0.15) is 0 Å². The number of piperidine rings is 1. The third-order valence-corrected chi connectivity index (χ3v) is 6.58. The minimum atomic E-state index is 0.670. The Bertz CT molecular complexity index is 480. The number of aromatic nitrogens is 1. The van der Waals surface area contributed by atoms with Gasteiger partial charge in [-0.1, -0.05) is 19.3 Å². The molecule has 1 aliphatic heterocycles. The van der Waals surface area contributed by atoms with Gasteiger partial charge in [0.2, 0.25) is 0 Å². The Labute approximate surface area is 125 Å². The van der Waals surface area contributed by atoms with Crippen molar-refractivity contribution in [2.24, 2.45) is 17.6 Å². The van der Waals surface area contributed by atoms with Crippen molar-refractivity contribution in [3.05, 3.63) is 10.6 Å². The Morgan fingerprint density at radius 2 is 1.90 bits per heavy atom. The van der Waals surface area contributed by atoms with E-state index in [1.807, 2.05) is 11.3 Å². The lowest BCUT2D eigenvalue weighted by molar-refractivity contribution is 0.202. The quantitative estimate of drug-likeness (QED) is 0.927. The Morgan fingerprint density at radius 1 is 1.10 bits per heavy atom. The minimum absolute atomic E-state index is 0.670. The highest BCUT2D eigenvalue weighted by atomic mass is 32.1. The minimum Gasteiger partial charge on any atom is -0.348 e. The summed E-state index contributed by atoms with van der Waals surface area (Å²) in [6, 6.07) is 0. The zero-order valence-corrected chi connectivity index (χ0v) is 13.0. The van der Waals surface area contributed by atoms with Crippen LogP contribution in [0.2, 0.25) is 0 Å². The normalized spacial score (nSPS) is 30.4. The van der Waals surface area contributed by atoms with Crippen LogP contribution in [0.3, 0.4) is 0 Å². The molecule has 2 atom stereocenters. The zero-order valence-electron chi connectivity index (χ0n) is 12.2. The highest BCUT2D eigenvalue weighted by Crippen LogP contribution is 2.45. The maximum atomic E-state index is 5.92. The summed E-state index contributed by atoms with van der Waals surface area (Å²) >= 11 is 1.86. The van der Waals surface area contributed by atoms with Crippen molar-refractivity contribution in [3.63, 3.8) is 0 Å². The number of thiazole rings is 1. The molecule has 3 nitrogen and oxygen atoms in total. The van der Waals surface area contributed by atoms with Crippen LogP contribution in [0.1, 0.15) is 61.4 Å². The summed E-state index contributed by atoms with van der Waals surface area (Å²) in [4.78, 5) is 8.87. The number of hydrogen-bond acceptors (Lipinski definition) is 4. The molecule has 3 fully saturated rings. The number of nitrogens with two attached hydrogens (primary N) is 1. The Hall–Kier alpha value is -0.610. The van der Waals surface area contributed by atoms with Crippen molar-refractivity contribution in [1.29, 1.82) is 0 Å². The van der Waals surface area contributed by atoms with Crippen molar-refractivity contribution in [2.75, 3.05) is 18.0 Å². The van der Waals surface area contributed by atoms with Gasteiger partial charge in [0.05, 0.1) is 5.69 Å². The molecule has 1 aromatic rings. The van der Waals surface area contributed by atoms with E-state index in [1.165, 1.54) is 73.7 Å². The van der Waals surface area contributed by atoms with Gasteiger partial charge in [0.15, 0.2) is 5.13 Å². The molecule has 2 aliphatic carbocycles. The van der Waals surface area contributed by atoms with Crippen LogP contribution in [-0.4, -0.2) is 18.1 Å². The van der Waals surface area contributed by atoms with Crippen LogP contribution in [0.4, 0.5) is 5.13 Å². The Kier molecular flexibility index (Phi) is 3.47. The second kappa shape index (κ2) is 5.30. The molecule has 0 amide bonds. The van der Waals surface area contributed by atoms with E-state index < -0.39 is 0 Å². The second-order valence-corrected chi connectivity index (χ2v) is 7.88. The molecule has 3 aliphatic rings. The highest BCUT2D eigenvalue weighted by Gasteiger charge is 2.34. The molecule has 2 unspecified atom stereocenters. The molecule has 20 heavy (non-hydrogen) atoms. The number of nitrogens with zero attached hydrogens (tertiary/aromatic N) is 2. The van der Waals surface area contributed by atoms with Gasteiger partial charge in [0.1, 0.15) is 0 Å². The first-order chi connectivity index (χ1) is 9.85. The largest absolute Gasteiger partial charge is 0.348 e. The molecule has 110 valence electrons. The molecule has 4 rings (SSSR count). The molecule has 2 saturated carbocycles. The number of rotatable bonds is 3. The topological polar surface area (TPSA) is 42.1 Å². The summed E-state index contributed by atoms with van der Waals surface area (Å²) in [5.74, 6) is 2.65. The van der Waals surface area contributed by atoms with E-state index in [1.54, 1.807) is 0 Å². The van der Waals surface area contributed by atoms with Crippen LogP contribution in [0.15, 0.2) is 0 Å². The van der Waals surface area contributed by atoms with E-state index in [0.717, 1.165) is 17.8 Å². The molecular formula is C16H25N3S. The van der Waals surface area contributed by atoms with Gasteiger partial charge >= 0.3 is 0 Å². The van der Waals surface area contributed by atoms with Crippen LogP contribution in [0.25, 0.3) is 0 Å². The van der Waals surface area contributed by atoms with Gasteiger partial charge in [-0.25, -0.2) is 4.98 Å². The SMILES string of the molecule is NCc1sc(N2CCC3CCCCC3C2)nc1C1CC1. The molecular weight excluding hydrogens is 266 g/mol. The molecule has 0 aromatic carbocycles. The maximum absolute atomic E-state index is 5.92. The highest BCUT2D eigenvalue weighted by molar-refractivity contribution is 7.15. The Morgan fingerprint density at radius 3 is 2.65 bits per heavy atom. The zero-order chi connectivity index (χ0) is 13.5. The molecule has 1 aromatic heterocycles. The monoisotopic (exact) mass is 291 g/mol. The number of hydrogen-bond donors (Lipinski definition) is 1. The summed E-state index contributed by atoms with van der Waals surface area (Å²) in [7, 11) is 0. The first kappa shape index (κ1) is 13.1. The molecule has 0 spiro atoms. The fraction of sp³-hybridized carbons (Fsp3) is 0.812. The van der Waals surface area contributed by atoms with Crippen LogP contribution in [0, 0.1) is 11.8 Å². The predicted octanol–water partition coefficient (Wildman–Crippen LogP) is 3.50. The van der Waals surface area contributed by atoms with Crippen LogP contribution >= 0.6 is 11.3 Å². The van der Waals surface area contributed by atoms with E-state index >= 15 is 0 Å². The van der Waals surface area contributed by atoms with Crippen molar-refractivity contribution in [3.8, 4) is 0 Å². The smallest absolute Gasteiger partial charge is 0.185 e. The third kappa shape index (κ3) is 2.37. The van der Waals surface area contributed by atoms with E-state index in [9.17, 15) is 0 Å². The summed E-state index contributed by atoms with van der Waals surface area (Å²) in [6.45, 7) is 3.12. The van der Waals surface area contributed by atoms with E-state index in [2.05, 4.69) is 4.90 Å². The lowest BCUT2D eigenvalue weighted by atomic mass is 9.75. The van der Waals surface area contributed by atoms with Crippen molar-refractivity contribution in [1.82, 2.24) is 4.98 Å². The average molecular weight is 291 g/mol. The van der Waals surface area contributed by atoms with Crippen LogP contribution in [-0.2, 0) is 6.54 Å². The predicted molar refractivity (Wildman–Crippen MR) is 84.3 cm³/mol. The van der Waals surface area contributed by atoms with Crippen molar-refractivity contribution >= 4 is 16.5 Å². The average Bonchev–Trinajstić information content (AvgIpc) is 3.26. The van der Waals surface area contributed by atoms with Crippen molar-refractivity contribution < 1.29 is 0 Å². The summed E-state index contributed by atoms with van der Waals surface area (Å²) in [6.07, 6.45) is 9.82. The summed E-state index contributed by atoms with van der Waals surface area (Å²) in [5, 5.41) is 1.26. The molecule has 4 heteroatoms. The second-order valence-electron chi connectivity index (χ2n) is 6.82. The maximum Gasteiger partial charge on any atom is 0.185 e.